The number of hydrazone groups is 1. The molecular formula is C13H16N2O2S2. The van der Waals surface area contributed by atoms with Crippen LogP contribution in [0.5, 0.6) is 5.75 Å². The van der Waals surface area contributed by atoms with Crippen LogP contribution in [0.15, 0.2) is 29.4 Å². The summed E-state index contributed by atoms with van der Waals surface area (Å²) in [5, 5.41) is 13.1. The van der Waals surface area contributed by atoms with E-state index >= 15 is 0 Å². The second-order valence-corrected chi connectivity index (χ2v) is 7.85. The molecule has 1 amide bonds. The van der Waals surface area contributed by atoms with E-state index < -0.39 is 0 Å². The van der Waals surface area contributed by atoms with Crippen LogP contribution in [0.3, 0.4) is 0 Å². The van der Waals surface area contributed by atoms with Gasteiger partial charge in [-0.05, 0) is 36.8 Å². The molecule has 1 aliphatic rings. The summed E-state index contributed by atoms with van der Waals surface area (Å²) in [6.07, 6.45) is 2.03. The van der Waals surface area contributed by atoms with Gasteiger partial charge in [0.2, 0.25) is 5.91 Å². The van der Waals surface area contributed by atoms with Crippen molar-refractivity contribution in [2.45, 2.75) is 17.4 Å². The van der Waals surface area contributed by atoms with Gasteiger partial charge in [-0.3, -0.25) is 4.79 Å². The first-order chi connectivity index (χ1) is 9.07. The highest BCUT2D eigenvalue weighted by Gasteiger charge is 2.32. The molecule has 0 atom stereocenters. The summed E-state index contributed by atoms with van der Waals surface area (Å²) in [4.78, 5) is 11.8. The van der Waals surface area contributed by atoms with Gasteiger partial charge in [0, 0.05) is 11.5 Å². The van der Waals surface area contributed by atoms with E-state index in [2.05, 4.69) is 17.5 Å². The van der Waals surface area contributed by atoms with Crippen molar-refractivity contribution >= 4 is 35.6 Å². The molecular weight excluding hydrogens is 280 g/mol. The van der Waals surface area contributed by atoms with Gasteiger partial charge in [0.05, 0.1) is 16.7 Å². The van der Waals surface area contributed by atoms with Crippen LogP contribution in [0.4, 0.5) is 0 Å². The van der Waals surface area contributed by atoms with Crippen LogP contribution in [-0.4, -0.2) is 32.8 Å². The van der Waals surface area contributed by atoms with Gasteiger partial charge in [-0.15, -0.1) is 23.5 Å². The summed E-state index contributed by atoms with van der Waals surface area (Å²) in [6, 6.07) is 6.62. The van der Waals surface area contributed by atoms with E-state index in [0.717, 1.165) is 17.1 Å². The molecule has 6 heteroatoms. The van der Waals surface area contributed by atoms with E-state index in [1.807, 2.05) is 23.5 Å². The molecule has 1 fully saturated rings. The second-order valence-electron chi connectivity index (χ2n) is 4.39. The van der Waals surface area contributed by atoms with E-state index in [9.17, 15) is 4.79 Å². The van der Waals surface area contributed by atoms with Crippen molar-refractivity contribution in [1.29, 1.82) is 0 Å². The fourth-order valence-corrected chi connectivity index (χ4v) is 4.56. The molecule has 0 bridgehead atoms. The minimum Gasteiger partial charge on any atom is -0.508 e. The highest BCUT2D eigenvalue weighted by Crippen LogP contribution is 2.45. The van der Waals surface area contributed by atoms with E-state index in [1.165, 1.54) is 0 Å². The molecule has 2 rings (SSSR count). The number of carbonyl (C=O) groups is 1. The van der Waals surface area contributed by atoms with Gasteiger partial charge >= 0.3 is 0 Å². The van der Waals surface area contributed by atoms with Crippen molar-refractivity contribution in [3.05, 3.63) is 29.8 Å². The first-order valence-electron chi connectivity index (χ1n) is 5.96. The maximum atomic E-state index is 11.8. The Hall–Kier alpha value is -1.14. The third-order valence-corrected chi connectivity index (χ3v) is 5.97. The monoisotopic (exact) mass is 296 g/mol. The quantitative estimate of drug-likeness (QED) is 0.662. The lowest BCUT2D eigenvalue weighted by Crippen LogP contribution is -2.26. The molecule has 0 saturated carbocycles. The number of hydrogen-bond donors (Lipinski definition) is 2. The smallest absolute Gasteiger partial charge is 0.242 e. The van der Waals surface area contributed by atoms with Crippen LogP contribution in [-0.2, 0) is 4.79 Å². The van der Waals surface area contributed by atoms with E-state index in [1.54, 1.807) is 30.5 Å². The standard InChI is InChI=1S/C13H16N2O2S2/c1-13(18-6-7-19-13)8-12(17)15-14-9-10-2-4-11(16)5-3-10/h2-5,9,16H,6-8H2,1H3,(H,15,17)/b14-9-. The number of phenolic OH excluding ortho intramolecular Hbond substituents is 1. The number of amides is 1. The van der Waals surface area contributed by atoms with Crippen molar-refractivity contribution in [1.82, 2.24) is 5.43 Å². The molecule has 1 aliphatic heterocycles. The van der Waals surface area contributed by atoms with Crippen molar-refractivity contribution in [2.24, 2.45) is 5.10 Å². The summed E-state index contributed by atoms with van der Waals surface area (Å²) in [6.45, 7) is 2.10. The SMILES string of the molecule is CC1(CC(=O)N/N=C\c2ccc(O)cc2)SCCS1. The maximum Gasteiger partial charge on any atom is 0.242 e. The Labute approximate surface area is 121 Å². The lowest BCUT2D eigenvalue weighted by Gasteiger charge is -2.19. The Kier molecular flexibility index (Phi) is 4.76. The average Bonchev–Trinajstić information content (AvgIpc) is 2.78. The van der Waals surface area contributed by atoms with Gasteiger partial charge in [-0.25, -0.2) is 5.43 Å². The predicted molar refractivity (Wildman–Crippen MR) is 81.8 cm³/mol. The third kappa shape index (κ3) is 4.47. The van der Waals surface area contributed by atoms with Crippen molar-refractivity contribution in [2.75, 3.05) is 11.5 Å². The molecule has 1 saturated heterocycles. The van der Waals surface area contributed by atoms with Crippen molar-refractivity contribution in [3.63, 3.8) is 0 Å². The fourth-order valence-electron chi connectivity index (χ4n) is 1.73. The molecule has 1 aromatic carbocycles. The van der Waals surface area contributed by atoms with Gasteiger partial charge in [0.1, 0.15) is 5.75 Å². The number of phenols is 1. The van der Waals surface area contributed by atoms with Crippen LogP contribution < -0.4 is 5.43 Å². The first-order valence-corrected chi connectivity index (χ1v) is 7.93. The van der Waals surface area contributed by atoms with E-state index in [0.29, 0.717) is 6.42 Å². The zero-order chi connectivity index (χ0) is 13.7. The van der Waals surface area contributed by atoms with E-state index in [4.69, 9.17) is 5.11 Å². The Balaban J connectivity index is 1.81. The molecule has 0 unspecified atom stereocenters. The lowest BCUT2D eigenvalue weighted by atomic mass is 10.2. The van der Waals surface area contributed by atoms with Crippen molar-refractivity contribution < 1.29 is 9.90 Å². The first kappa shape index (κ1) is 14.3. The minimum absolute atomic E-state index is 0.0157. The van der Waals surface area contributed by atoms with Gasteiger partial charge < -0.3 is 5.11 Å². The maximum absolute atomic E-state index is 11.8. The fraction of sp³-hybridized carbons (Fsp3) is 0.385. The van der Waals surface area contributed by atoms with Crippen LogP contribution in [0.25, 0.3) is 0 Å². The van der Waals surface area contributed by atoms with Crippen LogP contribution in [0.1, 0.15) is 18.9 Å². The number of rotatable bonds is 4. The van der Waals surface area contributed by atoms with E-state index in [-0.39, 0.29) is 15.7 Å². The summed E-state index contributed by atoms with van der Waals surface area (Å²) in [5.74, 6) is 2.35. The molecule has 19 heavy (non-hydrogen) atoms. The number of nitrogens with one attached hydrogen (secondary N) is 1. The number of hydrogen-bond acceptors (Lipinski definition) is 5. The number of thioether (sulfide) groups is 2. The highest BCUT2D eigenvalue weighted by atomic mass is 32.2. The second kappa shape index (κ2) is 6.34. The number of benzene rings is 1. The normalized spacial score (nSPS) is 17.7. The average molecular weight is 296 g/mol. The van der Waals surface area contributed by atoms with Gasteiger partial charge in [-0.2, -0.15) is 5.10 Å². The zero-order valence-corrected chi connectivity index (χ0v) is 12.3. The molecule has 0 radical (unpaired) electrons. The molecule has 0 aliphatic carbocycles. The Morgan fingerprint density at radius 3 is 2.68 bits per heavy atom. The summed E-state index contributed by atoms with van der Waals surface area (Å²) < 4.78 is -0.0157. The molecule has 1 heterocycles. The zero-order valence-electron chi connectivity index (χ0n) is 10.6. The number of carbonyl (C=O) groups excluding carboxylic acids is 1. The van der Waals surface area contributed by atoms with Gasteiger partial charge in [0.25, 0.3) is 0 Å². The van der Waals surface area contributed by atoms with Gasteiger partial charge in [0.15, 0.2) is 0 Å². The van der Waals surface area contributed by atoms with Crippen molar-refractivity contribution in [3.8, 4) is 5.75 Å². The largest absolute Gasteiger partial charge is 0.508 e. The number of nitrogens with zero attached hydrogens (tertiary/aromatic N) is 1. The Morgan fingerprint density at radius 1 is 1.42 bits per heavy atom. The molecule has 102 valence electrons. The molecule has 4 nitrogen and oxygen atoms in total. The molecule has 0 aromatic heterocycles. The molecule has 2 N–H and O–H groups in total. The highest BCUT2D eigenvalue weighted by molar-refractivity contribution is 8.21. The Morgan fingerprint density at radius 2 is 2.05 bits per heavy atom. The number of aromatic hydroxyl groups is 1. The summed E-state index contributed by atoms with van der Waals surface area (Å²) in [7, 11) is 0. The minimum atomic E-state index is -0.0700. The van der Waals surface area contributed by atoms with Crippen LogP contribution in [0, 0.1) is 0 Å². The van der Waals surface area contributed by atoms with Crippen LogP contribution >= 0.6 is 23.5 Å². The summed E-state index contributed by atoms with van der Waals surface area (Å²) in [5.41, 5.74) is 3.37. The Bertz CT molecular complexity index is 468. The third-order valence-electron chi connectivity index (χ3n) is 2.68. The summed E-state index contributed by atoms with van der Waals surface area (Å²) >= 11 is 3.65. The van der Waals surface area contributed by atoms with Crippen LogP contribution in [0.2, 0.25) is 0 Å². The molecule has 0 spiro atoms. The topological polar surface area (TPSA) is 61.7 Å². The molecule has 1 aromatic rings. The lowest BCUT2D eigenvalue weighted by molar-refractivity contribution is -0.121. The van der Waals surface area contributed by atoms with Gasteiger partial charge in [-0.1, -0.05) is 0 Å². The predicted octanol–water partition coefficient (Wildman–Crippen LogP) is 2.43.